The number of halogens is 2. The van der Waals surface area contributed by atoms with Gasteiger partial charge in [-0.1, -0.05) is 0 Å². The van der Waals surface area contributed by atoms with Crippen molar-refractivity contribution in [2.24, 2.45) is 5.73 Å². The quantitative estimate of drug-likeness (QED) is 0.0633. The minimum atomic E-state index is -1.18. The van der Waals surface area contributed by atoms with Gasteiger partial charge in [-0.05, 0) is 178 Å². The number of anilines is 2. The Morgan fingerprint density at radius 1 is 0.495 bits per heavy atom. The molecule has 28 heteroatoms. The highest BCUT2D eigenvalue weighted by Crippen LogP contribution is 2.34. The van der Waals surface area contributed by atoms with Crippen molar-refractivity contribution in [1.29, 1.82) is 0 Å². The van der Waals surface area contributed by atoms with Crippen LogP contribution in [0.25, 0.3) is 0 Å². The SMILES string of the molecule is COC(=O)c1cccn([C@H]2CCC[C@H]2OC)c1=O.COC(=O)c1cccoc1=O.CO[C@@H]1CCC[C@@H]1N.CO[C@@H]1CCC[C@@H]1n1cccc(C(=O)O)c1=O.CO[C@@H]1CCC[C@@H]1n1cccc(N)c1=O.CO[C@@H]1CCC[C@@H]1n1cccc(NC(=O)OC(C)(C)C)c1=O.Cl.Cl. The summed E-state index contributed by atoms with van der Waals surface area (Å²) in [6, 6.07) is 16.1. The molecule has 0 radical (unpaired) electrons. The molecule has 5 aliphatic rings. The molecule has 0 saturated heterocycles. The molecular formula is C65H93Cl2N7O19. The third-order valence-electron chi connectivity index (χ3n) is 16.5. The van der Waals surface area contributed by atoms with Crippen LogP contribution in [0.15, 0.2) is 120 Å². The van der Waals surface area contributed by atoms with Crippen LogP contribution in [0.1, 0.15) is 172 Å². The van der Waals surface area contributed by atoms with E-state index in [-0.39, 0.29) is 112 Å². The predicted octanol–water partition coefficient (Wildman–Crippen LogP) is 8.55. The zero-order valence-electron chi connectivity index (χ0n) is 54.6. The number of carbonyl (C=O) groups is 4. The van der Waals surface area contributed by atoms with E-state index in [9.17, 15) is 43.2 Å². The maximum absolute atomic E-state index is 12.6. The van der Waals surface area contributed by atoms with E-state index >= 15 is 0 Å². The maximum Gasteiger partial charge on any atom is 0.412 e. The number of hydrogen-bond acceptors (Lipinski definition) is 20. The smallest absolute Gasteiger partial charge is 0.412 e. The molecule has 5 aromatic rings. The van der Waals surface area contributed by atoms with Gasteiger partial charge in [-0.25, -0.2) is 24.0 Å². The van der Waals surface area contributed by atoms with E-state index in [0.29, 0.717) is 17.8 Å². The standard InChI is InChI=1S/C16H24N2O4.C13H17NO4.C12H15NO4.C11H16N2O2.C7H6O4.C6H13NO.2ClH/c1-16(2,3)22-15(20)17-11-7-6-10-18(14(11)19)12-8-5-9-13(12)21-4;1-17-11-7-3-6-10(11)14-8-4-5-9(12(14)15)13(16)18-2;1-17-10-6-2-5-9(10)13-7-3-4-8(11(13)14)12(15)16;1-15-10-6-2-5-9(10)13-7-3-4-8(12)11(13)14;1-10-6(8)5-3-2-4-11-7(5)9;1-8-6-4-2-3-5(6)7;;/h6-7,10,12-13H,5,8-9H2,1-4H3,(H,17,20);4-5,8,10-11H,3,6-7H2,1-2H3;3-4,7,9-10H,2,5-6H2,1H3,(H,15,16);3-4,7,9-10H,2,5-6,12H2,1H3;2-4H,1H3;5-6H,2-4,7H2,1H3;2*1H/t12-,13+;10-,11+;2*9-,10+;;5-,6+;;/m0000.0../s1. The molecular weight excluding hydrogens is 1250 g/mol. The molecule has 516 valence electrons. The van der Waals surface area contributed by atoms with Gasteiger partial charge < -0.3 is 77.2 Å². The number of esters is 2. The molecule has 5 aliphatic carbocycles. The lowest BCUT2D eigenvalue weighted by Crippen LogP contribution is -2.33. The highest BCUT2D eigenvalue weighted by molar-refractivity contribution is 5.89. The number of methoxy groups -OCH3 is 7. The molecule has 93 heavy (non-hydrogen) atoms. The van der Waals surface area contributed by atoms with Gasteiger partial charge in [0.25, 0.3) is 22.2 Å². The third kappa shape index (κ3) is 22.4. The molecule has 10 rings (SSSR count). The highest BCUT2D eigenvalue weighted by atomic mass is 35.5. The lowest BCUT2D eigenvalue weighted by molar-refractivity contribution is 0.0584. The van der Waals surface area contributed by atoms with Crippen LogP contribution in [0, 0.1) is 0 Å². The second kappa shape index (κ2) is 39.3. The summed E-state index contributed by atoms with van der Waals surface area (Å²) < 4.78 is 51.6. The molecule has 26 nitrogen and oxygen atoms in total. The van der Waals surface area contributed by atoms with Crippen LogP contribution >= 0.6 is 24.8 Å². The Morgan fingerprint density at radius 2 is 0.860 bits per heavy atom. The number of nitrogens with two attached hydrogens (primary N) is 2. The monoisotopic (exact) mass is 1350 g/mol. The van der Waals surface area contributed by atoms with Crippen molar-refractivity contribution in [3.8, 4) is 0 Å². The molecule has 0 spiro atoms. The summed E-state index contributed by atoms with van der Waals surface area (Å²) in [5, 5.41) is 11.4. The summed E-state index contributed by atoms with van der Waals surface area (Å²) >= 11 is 0. The number of carboxylic acid groups (broad SMARTS) is 1. The summed E-state index contributed by atoms with van der Waals surface area (Å²) in [6.45, 7) is 5.33. The number of nitrogens with zero attached hydrogens (tertiary/aromatic N) is 4. The Balaban J connectivity index is 0.000000296. The fraction of sp³-hybridized carbons (Fsp3) is 0.554. The zero-order chi connectivity index (χ0) is 67.0. The number of carbonyl (C=O) groups excluding carboxylic acids is 3. The molecule has 0 aromatic carbocycles. The van der Waals surface area contributed by atoms with Crippen molar-refractivity contribution in [2.45, 2.75) is 183 Å². The second-order valence-electron chi connectivity index (χ2n) is 23.3. The van der Waals surface area contributed by atoms with E-state index in [1.54, 1.807) is 125 Å². The van der Waals surface area contributed by atoms with Crippen molar-refractivity contribution < 1.29 is 66.6 Å². The van der Waals surface area contributed by atoms with Gasteiger partial charge in [-0.3, -0.25) is 24.5 Å². The lowest BCUT2D eigenvalue weighted by atomic mass is 10.2. The van der Waals surface area contributed by atoms with E-state index < -0.39 is 40.8 Å². The number of hydrogen-bond donors (Lipinski definition) is 4. The van der Waals surface area contributed by atoms with Crippen LogP contribution in [0.5, 0.6) is 0 Å². The average Bonchev–Trinajstić information content (AvgIpc) is 1.89. The Kier molecular flexibility index (Phi) is 33.7. The van der Waals surface area contributed by atoms with E-state index in [1.165, 1.54) is 55.7 Å². The fourth-order valence-corrected chi connectivity index (χ4v) is 11.9. The number of ether oxygens (including phenoxy) is 8. The first-order chi connectivity index (χ1) is 43.5. The first-order valence-electron chi connectivity index (χ1n) is 30.5. The largest absolute Gasteiger partial charge is 0.477 e. The summed E-state index contributed by atoms with van der Waals surface area (Å²) in [6.07, 6.45) is 23.1. The maximum atomic E-state index is 12.6. The van der Waals surface area contributed by atoms with Crippen LogP contribution in [0.3, 0.4) is 0 Å². The number of aromatic nitrogens is 4. The predicted molar refractivity (Wildman–Crippen MR) is 354 cm³/mol. The number of nitrogens with one attached hydrogen (secondary N) is 1. The van der Waals surface area contributed by atoms with Crippen LogP contribution in [0.2, 0.25) is 0 Å². The molecule has 5 saturated carbocycles. The molecule has 6 N–H and O–H groups in total. The van der Waals surface area contributed by atoms with Crippen LogP contribution in [-0.2, 0) is 37.9 Å². The minimum absolute atomic E-state index is 0. The minimum Gasteiger partial charge on any atom is -0.477 e. The number of aromatic carboxylic acids is 1. The normalized spacial score (nSPS) is 22.4. The van der Waals surface area contributed by atoms with E-state index in [0.717, 1.165) is 89.9 Å². The molecule has 5 aromatic heterocycles. The van der Waals surface area contributed by atoms with Gasteiger partial charge in [0.15, 0.2) is 0 Å². The van der Waals surface area contributed by atoms with Gasteiger partial charge in [0.1, 0.15) is 28.0 Å². The van der Waals surface area contributed by atoms with Crippen molar-refractivity contribution in [3.63, 3.8) is 0 Å². The van der Waals surface area contributed by atoms with Gasteiger partial charge >= 0.3 is 29.6 Å². The summed E-state index contributed by atoms with van der Waals surface area (Å²) in [7, 11) is 10.8. The first-order valence-corrected chi connectivity index (χ1v) is 30.5. The Bertz CT molecular complexity index is 3470. The summed E-state index contributed by atoms with van der Waals surface area (Å²) in [5.74, 6) is -2.46. The van der Waals surface area contributed by atoms with E-state index in [1.807, 2.05) is 6.07 Å². The number of nitrogen functional groups attached to an aromatic ring is 1. The van der Waals surface area contributed by atoms with Crippen molar-refractivity contribution >= 4 is 60.2 Å². The molecule has 1 amide bonds. The Hall–Kier alpha value is -7.43. The van der Waals surface area contributed by atoms with Crippen molar-refractivity contribution in [1.82, 2.24) is 18.3 Å². The highest BCUT2D eigenvalue weighted by Gasteiger charge is 2.34. The zero-order valence-corrected chi connectivity index (χ0v) is 56.2. The number of pyridine rings is 4. The third-order valence-corrected chi connectivity index (χ3v) is 16.5. The summed E-state index contributed by atoms with van der Waals surface area (Å²) in [5.41, 5.74) is 9.20. The molecule has 5 fully saturated rings. The molecule has 0 unspecified atom stereocenters. The molecule has 5 heterocycles. The van der Waals surface area contributed by atoms with Gasteiger partial charge in [0.05, 0.1) is 80.9 Å². The Labute approximate surface area is 552 Å². The van der Waals surface area contributed by atoms with E-state index in [4.69, 9.17) is 45.0 Å². The topological polar surface area (TPSA) is 345 Å². The molecule has 10 atom stereocenters. The van der Waals surface area contributed by atoms with Gasteiger partial charge in [0, 0.05) is 66.4 Å². The Morgan fingerprint density at radius 3 is 1.25 bits per heavy atom. The van der Waals surface area contributed by atoms with Crippen LogP contribution in [-0.4, -0.2) is 139 Å². The first kappa shape index (κ1) is 79.8. The number of amides is 1. The second-order valence-corrected chi connectivity index (χ2v) is 23.3. The van der Waals surface area contributed by atoms with E-state index in [2.05, 4.69) is 19.2 Å². The van der Waals surface area contributed by atoms with Crippen molar-refractivity contribution in [3.05, 3.63) is 160 Å². The van der Waals surface area contributed by atoms with Crippen molar-refractivity contribution in [2.75, 3.05) is 60.8 Å². The van der Waals surface area contributed by atoms with Gasteiger partial charge in [0.2, 0.25) is 0 Å². The van der Waals surface area contributed by atoms with Gasteiger partial charge in [-0.2, -0.15) is 0 Å². The molecule has 0 aliphatic heterocycles. The average molecular weight is 1350 g/mol. The fourth-order valence-electron chi connectivity index (χ4n) is 11.9. The number of rotatable bonds is 13. The van der Waals surface area contributed by atoms with Crippen LogP contribution in [0.4, 0.5) is 16.2 Å². The number of carboxylic acids is 1. The van der Waals surface area contributed by atoms with Gasteiger partial charge in [-0.15, -0.1) is 24.8 Å². The lowest BCUT2D eigenvalue weighted by Gasteiger charge is -2.22. The summed E-state index contributed by atoms with van der Waals surface area (Å²) in [4.78, 5) is 104. The van der Waals surface area contributed by atoms with Crippen LogP contribution < -0.4 is 44.6 Å². The molecule has 0 bridgehead atoms.